The topological polar surface area (TPSA) is 52.6 Å². The third-order valence-corrected chi connectivity index (χ3v) is 5.61. The van der Waals surface area contributed by atoms with Crippen LogP contribution in [0.3, 0.4) is 0 Å². The van der Waals surface area contributed by atoms with Crippen LogP contribution in [0.15, 0.2) is 97.1 Å². The lowest BCUT2D eigenvalue weighted by Gasteiger charge is -2.24. The lowest BCUT2D eigenvalue weighted by atomic mass is 9.92. The second-order valence-corrected chi connectivity index (χ2v) is 9.63. The van der Waals surface area contributed by atoms with Crippen molar-refractivity contribution in [1.29, 1.82) is 0 Å². The molecule has 0 saturated carbocycles. The molecular weight excluding hydrogens is 436 g/mol. The van der Waals surface area contributed by atoms with E-state index in [2.05, 4.69) is 43.0 Å². The van der Waals surface area contributed by atoms with Crippen molar-refractivity contribution >= 4 is 11.9 Å². The third kappa shape index (κ3) is 8.25. The Hall–Kier alpha value is -3.66. The molecular formula is C31H34O4. The first-order valence-corrected chi connectivity index (χ1v) is 12.0. The van der Waals surface area contributed by atoms with Crippen LogP contribution in [0.25, 0.3) is 11.1 Å². The monoisotopic (exact) mass is 470 g/mol. The van der Waals surface area contributed by atoms with Crippen LogP contribution < -0.4 is 0 Å². The molecule has 0 saturated heterocycles. The Morgan fingerprint density at radius 3 is 1.97 bits per heavy atom. The molecule has 0 heterocycles. The predicted molar refractivity (Wildman–Crippen MR) is 140 cm³/mol. The van der Waals surface area contributed by atoms with Crippen LogP contribution in [0.5, 0.6) is 0 Å². The van der Waals surface area contributed by atoms with Crippen LogP contribution in [0.1, 0.15) is 44.7 Å². The number of esters is 2. The first-order valence-electron chi connectivity index (χ1n) is 12.0. The van der Waals surface area contributed by atoms with Crippen molar-refractivity contribution < 1.29 is 19.1 Å². The van der Waals surface area contributed by atoms with E-state index in [9.17, 15) is 9.59 Å². The van der Waals surface area contributed by atoms with Crippen LogP contribution in [0.4, 0.5) is 0 Å². The second kappa shape index (κ2) is 12.2. The molecule has 0 spiro atoms. The minimum absolute atomic E-state index is 0.132. The maximum atomic E-state index is 12.9. The summed E-state index contributed by atoms with van der Waals surface area (Å²) in [7, 11) is 0. The Balaban J connectivity index is 1.61. The highest BCUT2D eigenvalue weighted by atomic mass is 16.6. The summed E-state index contributed by atoms with van der Waals surface area (Å²) in [6.07, 6.45) is 1.94. The lowest BCUT2D eigenvalue weighted by molar-refractivity contribution is -0.160. The summed E-state index contributed by atoms with van der Waals surface area (Å²) in [6.45, 7) is 9.48. The van der Waals surface area contributed by atoms with Gasteiger partial charge in [-0.1, -0.05) is 91.5 Å². The lowest BCUT2D eigenvalue weighted by Crippen LogP contribution is -2.31. The molecule has 3 rings (SSSR count). The number of carbonyl (C=O) groups is 2. The van der Waals surface area contributed by atoms with Gasteiger partial charge in [0.05, 0.1) is 5.92 Å². The Kier molecular flexibility index (Phi) is 9.02. The van der Waals surface area contributed by atoms with Crippen LogP contribution in [-0.4, -0.2) is 17.5 Å². The van der Waals surface area contributed by atoms with E-state index in [-0.39, 0.29) is 12.2 Å². The molecule has 3 aromatic rings. The van der Waals surface area contributed by atoms with Crippen LogP contribution in [0.2, 0.25) is 0 Å². The van der Waals surface area contributed by atoms with Gasteiger partial charge >= 0.3 is 11.9 Å². The summed E-state index contributed by atoms with van der Waals surface area (Å²) in [5.41, 5.74) is 3.86. The summed E-state index contributed by atoms with van der Waals surface area (Å²) in [5.74, 6) is -1.77. The molecule has 0 N–H and O–H groups in total. The van der Waals surface area contributed by atoms with Gasteiger partial charge in [0.1, 0.15) is 12.2 Å². The predicted octanol–water partition coefficient (Wildman–Crippen LogP) is 6.93. The third-order valence-electron chi connectivity index (χ3n) is 5.61. The quantitative estimate of drug-likeness (QED) is 0.238. The summed E-state index contributed by atoms with van der Waals surface area (Å²) in [6, 6.07) is 28.1. The van der Waals surface area contributed by atoms with Crippen LogP contribution in [-0.2, 0) is 32.1 Å². The molecule has 0 bridgehead atoms. The van der Waals surface area contributed by atoms with E-state index in [4.69, 9.17) is 9.47 Å². The zero-order valence-electron chi connectivity index (χ0n) is 20.8. The number of hydrogen-bond donors (Lipinski definition) is 0. The number of hydrogen-bond acceptors (Lipinski definition) is 4. The average Bonchev–Trinajstić information content (AvgIpc) is 2.85. The van der Waals surface area contributed by atoms with Crippen molar-refractivity contribution in [2.75, 3.05) is 0 Å². The number of aryl methyl sites for hydroxylation is 1. The maximum Gasteiger partial charge on any atom is 0.334 e. The Bertz CT molecular complexity index is 1110. The number of carbonyl (C=O) groups excluding carboxylic acids is 2. The van der Waals surface area contributed by atoms with E-state index in [1.807, 2.05) is 69.3 Å². The fourth-order valence-electron chi connectivity index (χ4n) is 3.77. The van der Waals surface area contributed by atoms with Crippen molar-refractivity contribution in [2.45, 2.75) is 52.2 Å². The number of rotatable bonds is 10. The van der Waals surface area contributed by atoms with Crippen molar-refractivity contribution in [3.63, 3.8) is 0 Å². The van der Waals surface area contributed by atoms with Gasteiger partial charge in [-0.2, -0.15) is 0 Å². The fourth-order valence-corrected chi connectivity index (χ4v) is 3.77. The van der Waals surface area contributed by atoms with Gasteiger partial charge in [0.15, 0.2) is 0 Å². The van der Waals surface area contributed by atoms with Gasteiger partial charge in [0.25, 0.3) is 0 Å². The Morgan fingerprint density at radius 1 is 0.800 bits per heavy atom. The zero-order chi connectivity index (χ0) is 25.3. The van der Waals surface area contributed by atoms with Gasteiger partial charge in [-0.05, 0) is 62.3 Å². The van der Waals surface area contributed by atoms with E-state index in [1.54, 1.807) is 0 Å². The molecule has 4 heteroatoms. The van der Waals surface area contributed by atoms with Crippen LogP contribution in [0, 0.1) is 5.92 Å². The SMILES string of the molecule is C=C(C(=O)OCc1ccccc1)C(CCCc1ccc(-c2ccccc2)cc1)C(=O)OC(C)(C)C. The minimum Gasteiger partial charge on any atom is -0.459 e. The smallest absolute Gasteiger partial charge is 0.334 e. The molecule has 0 amide bonds. The molecule has 0 fully saturated rings. The van der Waals surface area contributed by atoms with Crippen molar-refractivity contribution in [3.05, 3.63) is 108 Å². The van der Waals surface area contributed by atoms with E-state index >= 15 is 0 Å². The highest BCUT2D eigenvalue weighted by Crippen LogP contribution is 2.25. The number of ether oxygens (including phenoxy) is 2. The summed E-state index contributed by atoms with van der Waals surface area (Å²) < 4.78 is 11.0. The van der Waals surface area contributed by atoms with Crippen molar-refractivity contribution in [2.24, 2.45) is 5.92 Å². The molecule has 1 atom stereocenters. The molecule has 1 unspecified atom stereocenters. The summed E-state index contributed by atoms with van der Waals surface area (Å²) in [5, 5.41) is 0. The molecule has 0 aliphatic rings. The van der Waals surface area contributed by atoms with Gasteiger partial charge in [0, 0.05) is 5.57 Å². The van der Waals surface area contributed by atoms with Gasteiger partial charge in [-0.25, -0.2) is 4.79 Å². The summed E-state index contributed by atoms with van der Waals surface area (Å²) in [4.78, 5) is 25.6. The first-order chi connectivity index (χ1) is 16.7. The highest BCUT2D eigenvalue weighted by molar-refractivity contribution is 5.95. The minimum atomic E-state index is -0.749. The molecule has 0 radical (unpaired) electrons. The molecule has 0 aromatic heterocycles. The van der Waals surface area contributed by atoms with E-state index in [0.29, 0.717) is 12.8 Å². The Morgan fingerprint density at radius 2 is 1.37 bits per heavy atom. The standard InChI is InChI=1S/C31H34O4/c1-23(29(32)34-22-25-12-7-5-8-13-25)28(30(33)35-31(2,3)4)17-11-14-24-18-20-27(21-19-24)26-15-9-6-10-16-26/h5-10,12-13,15-16,18-21,28H,1,11,14,17,22H2,2-4H3. The van der Waals surface area contributed by atoms with Crippen molar-refractivity contribution in [1.82, 2.24) is 0 Å². The molecule has 0 aliphatic carbocycles. The Labute approximate surface area is 208 Å². The second-order valence-electron chi connectivity index (χ2n) is 9.63. The number of benzene rings is 3. The highest BCUT2D eigenvalue weighted by Gasteiger charge is 2.31. The van der Waals surface area contributed by atoms with Gasteiger partial charge in [-0.3, -0.25) is 4.79 Å². The largest absolute Gasteiger partial charge is 0.459 e. The molecule has 35 heavy (non-hydrogen) atoms. The normalized spacial score (nSPS) is 12.0. The van der Waals surface area contributed by atoms with Gasteiger partial charge < -0.3 is 9.47 Å². The molecule has 3 aromatic carbocycles. The molecule has 4 nitrogen and oxygen atoms in total. The van der Waals surface area contributed by atoms with Crippen LogP contribution >= 0.6 is 0 Å². The van der Waals surface area contributed by atoms with Gasteiger partial charge in [0.2, 0.25) is 0 Å². The maximum absolute atomic E-state index is 12.9. The first kappa shape index (κ1) is 26.0. The fraction of sp³-hybridized carbons (Fsp3) is 0.290. The van der Waals surface area contributed by atoms with E-state index in [1.165, 1.54) is 11.1 Å². The van der Waals surface area contributed by atoms with E-state index < -0.39 is 23.5 Å². The molecule has 0 aliphatic heterocycles. The molecule has 182 valence electrons. The summed E-state index contributed by atoms with van der Waals surface area (Å²) >= 11 is 0. The zero-order valence-corrected chi connectivity index (χ0v) is 20.8. The van der Waals surface area contributed by atoms with E-state index in [0.717, 1.165) is 17.5 Å². The average molecular weight is 471 g/mol. The van der Waals surface area contributed by atoms with Crippen molar-refractivity contribution in [3.8, 4) is 11.1 Å². The van der Waals surface area contributed by atoms with Gasteiger partial charge in [-0.15, -0.1) is 0 Å².